The van der Waals surface area contributed by atoms with E-state index in [4.69, 9.17) is 10.2 Å². The van der Waals surface area contributed by atoms with Gasteiger partial charge in [0.2, 0.25) is 5.91 Å². The molecule has 2 N–H and O–H groups in total. The number of carbonyl (C=O) groups is 1. The molecule has 1 amide bonds. The molecule has 166 valence electrons. The molecule has 3 unspecified atom stereocenters. The van der Waals surface area contributed by atoms with Gasteiger partial charge >= 0.3 is 0 Å². The van der Waals surface area contributed by atoms with Crippen LogP contribution in [0.25, 0.3) is 22.1 Å². The molecule has 3 aliphatic rings. The summed E-state index contributed by atoms with van der Waals surface area (Å²) in [6.45, 7) is 0. The second-order valence-corrected chi connectivity index (χ2v) is 10.2. The Morgan fingerprint density at radius 1 is 1.22 bits per heavy atom. The van der Waals surface area contributed by atoms with E-state index in [1.54, 1.807) is 0 Å². The van der Waals surface area contributed by atoms with Crippen LogP contribution in [0.3, 0.4) is 0 Å². The van der Waals surface area contributed by atoms with E-state index in [1.165, 1.54) is 19.3 Å². The zero-order chi connectivity index (χ0) is 21.7. The molecule has 7 heteroatoms. The Kier molecular flexibility index (Phi) is 4.89. The van der Waals surface area contributed by atoms with Crippen LogP contribution in [0, 0.1) is 29.1 Å². The van der Waals surface area contributed by atoms with Gasteiger partial charge in [0.05, 0.1) is 24.2 Å². The number of nitriles is 1. The van der Waals surface area contributed by atoms with Gasteiger partial charge in [0, 0.05) is 30.1 Å². The Morgan fingerprint density at radius 3 is 2.84 bits per heavy atom. The fourth-order valence-corrected chi connectivity index (χ4v) is 6.72. The number of nitrogens with zero attached hydrogens (tertiary/aromatic N) is 4. The molecule has 3 saturated carbocycles. The van der Waals surface area contributed by atoms with Gasteiger partial charge in [-0.1, -0.05) is 6.42 Å². The van der Waals surface area contributed by atoms with Gasteiger partial charge in [-0.15, -0.1) is 0 Å². The van der Waals surface area contributed by atoms with Crippen LogP contribution in [0.1, 0.15) is 69.7 Å². The number of aromatic amines is 1. The molecule has 0 aromatic carbocycles. The fourth-order valence-electron chi connectivity index (χ4n) is 6.72. The Labute approximate surface area is 187 Å². The van der Waals surface area contributed by atoms with E-state index in [2.05, 4.69) is 32.0 Å². The van der Waals surface area contributed by atoms with Crippen molar-refractivity contribution in [2.24, 2.45) is 17.8 Å². The van der Waals surface area contributed by atoms with Gasteiger partial charge < -0.3 is 14.9 Å². The quantitative estimate of drug-likeness (QED) is 0.626. The van der Waals surface area contributed by atoms with Gasteiger partial charge in [0.15, 0.2) is 0 Å². The van der Waals surface area contributed by atoms with E-state index >= 15 is 0 Å². The van der Waals surface area contributed by atoms with Crippen LogP contribution in [0.5, 0.6) is 0 Å². The molecular weight excluding hydrogens is 400 g/mol. The summed E-state index contributed by atoms with van der Waals surface area (Å²) < 4.78 is 2.33. The third-order valence-electron chi connectivity index (χ3n) is 8.27. The highest BCUT2D eigenvalue weighted by Crippen LogP contribution is 2.44. The highest BCUT2D eigenvalue weighted by molar-refractivity contribution is 6.01. The monoisotopic (exact) mass is 430 g/mol. The number of pyridine rings is 1. The third kappa shape index (κ3) is 3.37. The van der Waals surface area contributed by atoms with Gasteiger partial charge in [-0.05, 0) is 68.8 Å². The fraction of sp³-hybridized carbons (Fsp3) is 0.600. The van der Waals surface area contributed by atoms with E-state index in [-0.39, 0.29) is 5.91 Å². The molecule has 2 bridgehead atoms. The molecule has 6 rings (SSSR count). The standard InChI is InChI=1S/C25H30N6O/c26-9-7-15-2-5-18(6-3-15)31-22(13-23(32)30-20-12-16-1-4-17(20)11-16)29-21-14-28-25-19(24(21)31)8-10-27-25/h8,10,14-18,20H,1-7,11-13H2,(H,27,28)(H,30,32)/t15-,16?,17?,18-,20?. The van der Waals surface area contributed by atoms with Crippen LogP contribution < -0.4 is 5.32 Å². The number of hydrogen-bond donors (Lipinski definition) is 2. The SMILES string of the molecule is N#CC[C@H]1CC[C@H](n2c(CC(=O)NC3CC4CCC3C4)nc3cnc4[nH]ccc4c32)CC1. The second-order valence-electron chi connectivity index (χ2n) is 10.2. The van der Waals surface area contributed by atoms with Crippen molar-refractivity contribution in [3.63, 3.8) is 0 Å². The van der Waals surface area contributed by atoms with Crippen LogP contribution in [-0.4, -0.2) is 31.5 Å². The molecule has 3 aliphatic carbocycles. The summed E-state index contributed by atoms with van der Waals surface area (Å²) in [6.07, 6.45) is 13.9. The maximum Gasteiger partial charge on any atom is 0.227 e. The van der Waals surface area contributed by atoms with Gasteiger partial charge in [-0.2, -0.15) is 5.26 Å². The van der Waals surface area contributed by atoms with Gasteiger partial charge in [-0.25, -0.2) is 9.97 Å². The summed E-state index contributed by atoms with van der Waals surface area (Å²) in [4.78, 5) is 25.7. The predicted octanol–water partition coefficient (Wildman–Crippen LogP) is 4.40. The van der Waals surface area contributed by atoms with Crippen molar-refractivity contribution in [2.75, 3.05) is 0 Å². The van der Waals surface area contributed by atoms with Crippen molar-refractivity contribution in [1.29, 1.82) is 5.26 Å². The number of fused-ring (bicyclic) bond motifs is 5. The normalized spacial score (nSPS) is 29.5. The van der Waals surface area contributed by atoms with Crippen molar-refractivity contribution in [3.8, 4) is 6.07 Å². The molecule has 0 spiro atoms. The molecule has 3 atom stereocenters. The average molecular weight is 431 g/mol. The number of carbonyl (C=O) groups excluding carboxylic acids is 1. The molecule has 3 fully saturated rings. The highest BCUT2D eigenvalue weighted by atomic mass is 16.1. The molecule has 0 saturated heterocycles. The number of nitrogens with one attached hydrogen (secondary N) is 2. The molecule has 0 radical (unpaired) electrons. The minimum absolute atomic E-state index is 0.0931. The summed E-state index contributed by atoms with van der Waals surface area (Å²) in [5.74, 6) is 2.91. The Morgan fingerprint density at radius 2 is 2.09 bits per heavy atom. The Hall–Kier alpha value is -2.88. The molecule has 3 heterocycles. The largest absolute Gasteiger partial charge is 0.353 e. The minimum Gasteiger partial charge on any atom is -0.353 e. The summed E-state index contributed by atoms with van der Waals surface area (Å²) >= 11 is 0. The summed E-state index contributed by atoms with van der Waals surface area (Å²) in [7, 11) is 0. The van der Waals surface area contributed by atoms with Crippen LogP contribution in [-0.2, 0) is 11.2 Å². The average Bonchev–Trinajstić information content (AvgIpc) is 3.57. The van der Waals surface area contributed by atoms with Crippen LogP contribution in [0.15, 0.2) is 18.5 Å². The maximum absolute atomic E-state index is 13.1. The number of imidazole rings is 1. The zero-order valence-electron chi connectivity index (χ0n) is 18.4. The van der Waals surface area contributed by atoms with Crippen molar-refractivity contribution < 1.29 is 4.79 Å². The molecule has 7 nitrogen and oxygen atoms in total. The lowest BCUT2D eigenvalue weighted by molar-refractivity contribution is -0.121. The number of aromatic nitrogens is 4. The van der Waals surface area contributed by atoms with Crippen molar-refractivity contribution in [2.45, 2.75) is 76.3 Å². The lowest BCUT2D eigenvalue weighted by Crippen LogP contribution is -2.39. The molecular formula is C25H30N6O. The van der Waals surface area contributed by atoms with E-state index in [0.717, 1.165) is 65.9 Å². The smallest absolute Gasteiger partial charge is 0.227 e. The number of H-pyrrole nitrogens is 1. The van der Waals surface area contributed by atoms with Crippen LogP contribution >= 0.6 is 0 Å². The lowest BCUT2D eigenvalue weighted by atomic mass is 9.84. The van der Waals surface area contributed by atoms with Crippen LogP contribution in [0.4, 0.5) is 0 Å². The lowest BCUT2D eigenvalue weighted by Gasteiger charge is -2.30. The number of hydrogen-bond acceptors (Lipinski definition) is 4. The maximum atomic E-state index is 13.1. The summed E-state index contributed by atoms with van der Waals surface area (Å²) in [6, 6.07) is 5.05. The van der Waals surface area contributed by atoms with Gasteiger partial charge in [-0.3, -0.25) is 4.79 Å². The summed E-state index contributed by atoms with van der Waals surface area (Å²) in [5.41, 5.74) is 2.80. The topological polar surface area (TPSA) is 99.4 Å². The number of amides is 1. The first-order valence-corrected chi connectivity index (χ1v) is 12.2. The molecule has 3 aromatic heterocycles. The predicted molar refractivity (Wildman–Crippen MR) is 122 cm³/mol. The molecule has 32 heavy (non-hydrogen) atoms. The van der Waals surface area contributed by atoms with Crippen LogP contribution in [0.2, 0.25) is 0 Å². The van der Waals surface area contributed by atoms with Crippen molar-refractivity contribution in [1.82, 2.24) is 24.8 Å². The van der Waals surface area contributed by atoms with Crippen molar-refractivity contribution >= 4 is 28.0 Å². The first kappa shape index (κ1) is 19.8. The van der Waals surface area contributed by atoms with E-state index in [1.807, 2.05) is 12.4 Å². The highest BCUT2D eigenvalue weighted by Gasteiger charge is 2.40. The molecule has 0 aliphatic heterocycles. The van der Waals surface area contributed by atoms with E-state index in [9.17, 15) is 4.79 Å². The minimum atomic E-state index is 0.0931. The first-order valence-electron chi connectivity index (χ1n) is 12.2. The van der Waals surface area contributed by atoms with Gasteiger partial charge in [0.1, 0.15) is 17.0 Å². The van der Waals surface area contributed by atoms with Crippen molar-refractivity contribution in [3.05, 3.63) is 24.3 Å². The second kappa shape index (κ2) is 7.91. The Bertz CT molecular complexity index is 1190. The zero-order valence-corrected chi connectivity index (χ0v) is 18.4. The van der Waals surface area contributed by atoms with E-state index in [0.29, 0.717) is 36.8 Å². The summed E-state index contributed by atoms with van der Waals surface area (Å²) in [5, 5.41) is 13.5. The first-order chi connectivity index (χ1) is 15.7. The van der Waals surface area contributed by atoms with E-state index < -0.39 is 0 Å². The Balaban J connectivity index is 1.31. The molecule has 3 aromatic rings. The number of rotatable bonds is 5. The van der Waals surface area contributed by atoms with Gasteiger partial charge in [0.25, 0.3) is 0 Å². The third-order valence-corrected chi connectivity index (χ3v) is 8.27.